The van der Waals surface area contributed by atoms with Gasteiger partial charge in [-0.25, -0.2) is 14.2 Å². The van der Waals surface area contributed by atoms with Gasteiger partial charge >= 0.3 is 12.5 Å². The Hall–Kier alpha value is -5.03. The first-order chi connectivity index (χ1) is 22.2. The van der Waals surface area contributed by atoms with E-state index in [1.807, 2.05) is 35.0 Å². The second-order valence-corrected chi connectivity index (χ2v) is 11.4. The molecule has 6 rings (SSSR count). The fraction of sp³-hybridized carbons (Fsp3) is 0.375. The molecule has 2 aliphatic heterocycles. The smallest absolute Gasteiger partial charge is 0.337 e. The van der Waals surface area contributed by atoms with Crippen LogP contribution in [0.5, 0.6) is 5.88 Å². The van der Waals surface area contributed by atoms with E-state index in [1.165, 1.54) is 25.4 Å². The summed E-state index contributed by atoms with van der Waals surface area (Å²) in [4.78, 5) is 22.8. The molecule has 4 heterocycles. The van der Waals surface area contributed by atoms with Crippen LogP contribution in [0.4, 0.5) is 24.5 Å². The van der Waals surface area contributed by atoms with E-state index in [1.54, 1.807) is 24.3 Å². The van der Waals surface area contributed by atoms with Gasteiger partial charge in [-0.1, -0.05) is 6.07 Å². The number of anilines is 2. The number of fused-ring (bicyclic) bond motifs is 1. The van der Waals surface area contributed by atoms with Crippen molar-refractivity contribution < 1.29 is 27.4 Å². The summed E-state index contributed by atoms with van der Waals surface area (Å²) in [5.41, 5.74) is 2.99. The molecule has 0 aliphatic carbocycles. The number of likely N-dealkylation sites (N-methyl/N-ethyl adjacent to an activating group) is 1. The van der Waals surface area contributed by atoms with Gasteiger partial charge in [-0.15, -0.1) is 5.10 Å². The molecule has 4 aromatic rings. The average molecular weight is 635 g/mol. The molecular formula is C32H33F3N8O3. The van der Waals surface area contributed by atoms with Crippen molar-refractivity contribution >= 4 is 17.3 Å². The summed E-state index contributed by atoms with van der Waals surface area (Å²) in [6.07, 6.45) is 5.91. The summed E-state index contributed by atoms with van der Waals surface area (Å²) in [5, 5.41) is 13.5. The first kappa shape index (κ1) is 31.0. The topological polar surface area (TPSA) is 105 Å². The Bertz CT molecular complexity index is 1740. The van der Waals surface area contributed by atoms with Crippen LogP contribution in [-0.2, 0) is 17.9 Å². The molecule has 0 bridgehead atoms. The highest BCUT2D eigenvalue weighted by molar-refractivity contribution is 5.93. The number of carbonyl (C=O) groups is 1. The second kappa shape index (κ2) is 13.1. The summed E-state index contributed by atoms with van der Waals surface area (Å²) in [5.74, 6) is -0.576. The van der Waals surface area contributed by atoms with Crippen molar-refractivity contribution in [2.24, 2.45) is 0 Å². The maximum atomic E-state index is 14.2. The number of methoxy groups -OCH3 is 1. The third-order valence-electron chi connectivity index (χ3n) is 8.68. The molecule has 14 heteroatoms. The van der Waals surface area contributed by atoms with Gasteiger partial charge < -0.3 is 19.3 Å². The number of nitrogens with zero attached hydrogens (tertiary/aromatic N) is 8. The van der Waals surface area contributed by atoms with Gasteiger partial charge in [0, 0.05) is 44.5 Å². The maximum absolute atomic E-state index is 14.2. The molecule has 1 fully saturated rings. The lowest BCUT2D eigenvalue weighted by Gasteiger charge is -2.38. The van der Waals surface area contributed by atoms with E-state index >= 15 is 0 Å². The van der Waals surface area contributed by atoms with Gasteiger partial charge in [0.1, 0.15) is 18.6 Å². The molecule has 0 spiro atoms. The van der Waals surface area contributed by atoms with E-state index < -0.39 is 18.3 Å². The second-order valence-electron chi connectivity index (χ2n) is 11.4. The number of carbonyl (C=O) groups excluding carboxylic acids is 1. The van der Waals surface area contributed by atoms with Crippen LogP contribution in [0.2, 0.25) is 0 Å². The van der Waals surface area contributed by atoms with E-state index in [4.69, 9.17) is 14.7 Å². The van der Waals surface area contributed by atoms with Crippen molar-refractivity contribution in [3.63, 3.8) is 0 Å². The minimum Gasteiger partial charge on any atom is -0.472 e. The van der Waals surface area contributed by atoms with Crippen LogP contribution in [0.25, 0.3) is 0 Å². The zero-order chi connectivity index (χ0) is 32.4. The molecule has 0 saturated carbocycles. The highest BCUT2D eigenvalue weighted by atomic mass is 19.3. The minimum atomic E-state index is -2.72. The average Bonchev–Trinajstić information content (AvgIpc) is 3.80. The standard InChI is InChI=1S/C32H33F3N8O3/c1-39-27-6-5-22(31(44)45-2)14-28(27)41(17-25-16-37-20-42(25)32(34)35)30(39)18-40-10-7-24(8-11-40)43-12-9-29(38-43)46-19-23-4-3-21(15-36)13-26(23)33/h3-6,9,12-14,16,20,24,30,32H,7-8,10-11,17-19H2,1-2H3. The van der Waals surface area contributed by atoms with E-state index in [2.05, 4.69) is 19.9 Å². The number of hydrogen-bond acceptors (Lipinski definition) is 9. The molecular weight excluding hydrogens is 601 g/mol. The van der Waals surface area contributed by atoms with Crippen molar-refractivity contribution in [1.82, 2.24) is 24.2 Å². The van der Waals surface area contributed by atoms with Crippen LogP contribution in [0.15, 0.2) is 61.2 Å². The number of hydrogen-bond donors (Lipinski definition) is 0. The van der Waals surface area contributed by atoms with Crippen LogP contribution < -0.4 is 14.5 Å². The number of benzene rings is 2. The highest BCUT2D eigenvalue weighted by Crippen LogP contribution is 2.41. The summed E-state index contributed by atoms with van der Waals surface area (Å²) >= 11 is 0. The van der Waals surface area contributed by atoms with Crippen LogP contribution in [-0.4, -0.2) is 70.2 Å². The third-order valence-corrected chi connectivity index (χ3v) is 8.68. The van der Waals surface area contributed by atoms with Crippen molar-refractivity contribution in [3.8, 4) is 11.9 Å². The first-order valence-corrected chi connectivity index (χ1v) is 14.8. The maximum Gasteiger partial charge on any atom is 0.337 e. The number of likely N-dealkylation sites (tertiary alicyclic amines) is 1. The number of esters is 1. The Morgan fingerprint density at radius 3 is 2.65 bits per heavy atom. The Kier molecular flexibility index (Phi) is 8.85. The van der Waals surface area contributed by atoms with Crippen molar-refractivity contribution in [2.45, 2.75) is 44.8 Å². The number of halogens is 3. The van der Waals surface area contributed by atoms with Gasteiger partial charge in [0.15, 0.2) is 0 Å². The van der Waals surface area contributed by atoms with Gasteiger partial charge in [0.25, 0.3) is 0 Å². The van der Waals surface area contributed by atoms with Crippen LogP contribution in [0, 0.1) is 17.1 Å². The predicted molar refractivity (Wildman–Crippen MR) is 162 cm³/mol. The Balaban J connectivity index is 1.11. The highest BCUT2D eigenvalue weighted by Gasteiger charge is 2.37. The van der Waals surface area contributed by atoms with Gasteiger partial charge in [0.05, 0.1) is 66.5 Å². The van der Waals surface area contributed by atoms with Gasteiger partial charge in [0.2, 0.25) is 5.88 Å². The van der Waals surface area contributed by atoms with Crippen molar-refractivity contribution in [1.29, 1.82) is 5.26 Å². The summed E-state index contributed by atoms with van der Waals surface area (Å²) < 4.78 is 55.0. The fourth-order valence-corrected chi connectivity index (χ4v) is 6.13. The number of piperidine rings is 1. The number of ether oxygens (including phenoxy) is 2. The lowest BCUT2D eigenvalue weighted by Crippen LogP contribution is -2.51. The van der Waals surface area contributed by atoms with Gasteiger partial charge in [-0.2, -0.15) is 14.0 Å². The van der Waals surface area contributed by atoms with Crippen LogP contribution >= 0.6 is 0 Å². The molecule has 1 unspecified atom stereocenters. The molecule has 46 heavy (non-hydrogen) atoms. The van der Waals surface area contributed by atoms with Crippen molar-refractivity contribution in [3.05, 3.63) is 89.4 Å². The molecule has 0 N–H and O–H groups in total. The molecule has 11 nitrogen and oxygen atoms in total. The number of alkyl halides is 2. The molecule has 0 amide bonds. The van der Waals surface area contributed by atoms with Gasteiger partial charge in [-0.3, -0.25) is 14.1 Å². The third kappa shape index (κ3) is 6.23. The van der Waals surface area contributed by atoms with Crippen molar-refractivity contribution in [2.75, 3.05) is 43.6 Å². The summed E-state index contributed by atoms with van der Waals surface area (Å²) in [6, 6.07) is 13.4. The molecule has 0 radical (unpaired) electrons. The monoisotopic (exact) mass is 634 g/mol. The molecule has 2 aromatic carbocycles. The SMILES string of the molecule is COC(=O)c1ccc2c(c1)N(Cc1cncn1C(F)F)C(CN1CCC(n3ccc(OCc4ccc(C#N)cc4F)n3)CC1)N2C. The summed E-state index contributed by atoms with van der Waals surface area (Å²) in [7, 11) is 3.29. The number of nitriles is 1. The zero-order valence-corrected chi connectivity index (χ0v) is 25.4. The lowest BCUT2D eigenvalue weighted by atomic mass is 10.1. The first-order valence-electron chi connectivity index (χ1n) is 14.8. The summed E-state index contributed by atoms with van der Waals surface area (Å²) in [6.45, 7) is -0.336. The Labute approximate surface area is 264 Å². The normalized spacial score (nSPS) is 16.9. The van der Waals surface area contributed by atoms with E-state index in [-0.39, 0.29) is 30.9 Å². The van der Waals surface area contributed by atoms with E-state index in [0.29, 0.717) is 29.2 Å². The number of aromatic nitrogens is 4. The lowest BCUT2D eigenvalue weighted by molar-refractivity contribution is 0.0600. The molecule has 1 saturated heterocycles. The molecule has 2 aromatic heterocycles. The quantitative estimate of drug-likeness (QED) is 0.224. The Morgan fingerprint density at radius 1 is 1.13 bits per heavy atom. The van der Waals surface area contributed by atoms with Crippen LogP contribution in [0.1, 0.15) is 52.6 Å². The number of imidazole rings is 1. The molecule has 2 aliphatic rings. The van der Waals surface area contributed by atoms with Gasteiger partial charge in [-0.05, 0) is 43.2 Å². The zero-order valence-electron chi connectivity index (χ0n) is 25.4. The molecule has 1 atom stereocenters. The molecule has 240 valence electrons. The Morgan fingerprint density at radius 2 is 1.93 bits per heavy atom. The predicted octanol–water partition coefficient (Wildman–Crippen LogP) is 4.97. The van der Waals surface area contributed by atoms with E-state index in [0.717, 1.165) is 48.2 Å². The van der Waals surface area contributed by atoms with E-state index in [9.17, 15) is 18.0 Å². The minimum absolute atomic E-state index is 0.0000186. The largest absolute Gasteiger partial charge is 0.472 e. The van der Waals surface area contributed by atoms with Crippen LogP contribution in [0.3, 0.4) is 0 Å². The fourth-order valence-electron chi connectivity index (χ4n) is 6.13. The number of rotatable bonds is 10.